The van der Waals surface area contributed by atoms with E-state index in [1.54, 1.807) is 11.0 Å². The number of rotatable bonds is 4. The van der Waals surface area contributed by atoms with Crippen molar-refractivity contribution in [3.05, 3.63) is 22.4 Å². The Balaban J connectivity index is 1.86. The van der Waals surface area contributed by atoms with E-state index in [4.69, 9.17) is 4.74 Å². The molecule has 2 N–H and O–H groups in total. The number of aliphatic carboxylic acids is 1. The number of hydrazine groups is 1. The van der Waals surface area contributed by atoms with Crippen molar-refractivity contribution in [3.63, 3.8) is 0 Å². The summed E-state index contributed by atoms with van der Waals surface area (Å²) in [5.74, 6) is -0.915. The van der Waals surface area contributed by atoms with Gasteiger partial charge in [0, 0.05) is 31.1 Å². The fourth-order valence-electron chi connectivity index (χ4n) is 2.22. The van der Waals surface area contributed by atoms with Gasteiger partial charge in [0.15, 0.2) is 6.04 Å². The number of nitrogens with zero attached hydrogens (tertiary/aromatic N) is 2. The Labute approximate surface area is 139 Å². The highest BCUT2D eigenvalue weighted by Gasteiger charge is 2.29. The molecule has 23 heavy (non-hydrogen) atoms. The van der Waals surface area contributed by atoms with Gasteiger partial charge in [-0.2, -0.15) is 0 Å². The summed E-state index contributed by atoms with van der Waals surface area (Å²) < 4.78 is 5.35. The Morgan fingerprint density at radius 1 is 1.30 bits per heavy atom. The minimum absolute atomic E-state index is 0.329. The largest absolute Gasteiger partial charge is 0.480 e. The van der Waals surface area contributed by atoms with Gasteiger partial charge in [0.2, 0.25) is 0 Å². The van der Waals surface area contributed by atoms with Crippen LogP contribution < -0.4 is 5.43 Å². The molecule has 8 heteroatoms. The van der Waals surface area contributed by atoms with E-state index in [0.29, 0.717) is 26.2 Å². The molecular weight excluding hydrogens is 318 g/mol. The van der Waals surface area contributed by atoms with Gasteiger partial charge in [-0.1, -0.05) is 6.07 Å². The van der Waals surface area contributed by atoms with E-state index in [9.17, 15) is 14.7 Å². The van der Waals surface area contributed by atoms with Crippen LogP contribution in [0.4, 0.5) is 4.79 Å². The molecule has 0 saturated carbocycles. The Bertz CT molecular complexity index is 533. The van der Waals surface area contributed by atoms with Crippen molar-refractivity contribution >= 4 is 23.4 Å². The lowest BCUT2D eigenvalue weighted by atomic mass is 10.2. The second kappa shape index (κ2) is 7.29. The van der Waals surface area contributed by atoms with Crippen molar-refractivity contribution in [1.82, 2.24) is 15.3 Å². The van der Waals surface area contributed by atoms with Gasteiger partial charge in [0.1, 0.15) is 5.60 Å². The normalized spacial score (nSPS) is 17.8. The Hall–Kier alpha value is -1.64. The Kier molecular flexibility index (Phi) is 5.61. The fourth-order valence-corrected chi connectivity index (χ4v) is 2.98. The topological polar surface area (TPSA) is 82.1 Å². The molecule has 2 rings (SSSR count). The maximum absolute atomic E-state index is 12.0. The minimum atomic E-state index is -0.915. The van der Waals surface area contributed by atoms with Crippen molar-refractivity contribution in [2.45, 2.75) is 32.4 Å². The molecule has 0 aliphatic carbocycles. The molecule has 1 unspecified atom stereocenters. The summed E-state index contributed by atoms with van der Waals surface area (Å²) in [6.45, 7) is 7.60. The molecule has 1 atom stereocenters. The lowest BCUT2D eigenvalue weighted by Crippen LogP contribution is -2.55. The number of carboxylic acid groups (broad SMARTS) is 1. The molecular formula is C15H23N3O4S. The number of piperazine rings is 1. The average Bonchev–Trinajstić information content (AvgIpc) is 2.97. The number of amides is 1. The number of hydrogen-bond acceptors (Lipinski definition) is 6. The van der Waals surface area contributed by atoms with E-state index in [0.717, 1.165) is 4.88 Å². The molecule has 1 aliphatic rings. The summed E-state index contributed by atoms with van der Waals surface area (Å²) in [6.07, 6.45) is -0.329. The fraction of sp³-hybridized carbons (Fsp3) is 0.600. The summed E-state index contributed by atoms with van der Waals surface area (Å²) in [4.78, 5) is 25.8. The third-order valence-electron chi connectivity index (χ3n) is 3.32. The maximum Gasteiger partial charge on any atom is 0.410 e. The zero-order valence-electron chi connectivity index (χ0n) is 13.6. The minimum Gasteiger partial charge on any atom is -0.480 e. The van der Waals surface area contributed by atoms with Gasteiger partial charge >= 0.3 is 12.1 Å². The summed E-state index contributed by atoms with van der Waals surface area (Å²) in [5.41, 5.74) is 2.52. The SMILES string of the molecule is CC(C)(C)OC(=O)N1CCN(NC(C(=O)O)c2cccs2)CC1. The molecule has 1 amide bonds. The van der Waals surface area contributed by atoms with Gasteiger partial charge in [-0.15, -0.1) is 11.3 Å². The zero-order chi connectivity index (χ0) is 17.0. The van der Waals surface area contributed by atoms with Crippen LogP contribution in [0.25, 0.3) is 0 Å². The van der Waals surface area contributed by atoms with E-state index in [2.05, 4.69) is 5.43 Å². The van der Waals surface area contributed by atoms with Gasteiger partial charge in [0.25, 0.3) is 0 Å². The van der Waals surface area contributed by atoms with Crippen LogP contribution in [0.15, 0.2) is 17.5 Å². The predicted octanol–water partition coefficient (Wildman–Crippen LogP) is 1.93. The van der Waals surface area contributed by atoms with E-state index in [1.165, 1.54) is 11.3 Å². The highest BCUT2D eigenvalue weighted by atomic mass is 32.1. The van der Waals surface area contributed by atoms with Gasteiger partial charge < -0.3 is 14.7 Å². The number of carbonyl (C=O) groups is 2. The number of carbonyl (C=O) groups excluding carboxylic acids is 1. The molecule has 7 nitrogen and oxygen atoms in total. The van der Waals surface area contributed by atoms with Gasteiger partial charge in [-0.05, 0) is 32.2 Å². The number of hydrogen-bond donors (Lipinski definition) is 2. The summed E-state index contributed by atoms with van der Waals surface area (Å²) >= 11 is 1.41. The van der Waals surface area contributed by atoms with Crippen LogP contribution in [0.5, 0.6) is 0 Å². The lowest BCUT2D eigenvalue weighted by molar-refractivity contribution is -0.141. The number of carboxylic acids is 1. The summed E-state index contributed by atoms with van der Waals surface area (Å²) in [5, 5.41) is 13.1. The third-order valence-corrected chi connectivity index (χ3v) is 4.25. The van der Waals surface area contributed by atoms with Crippen molar-refractivity contribution in [1.29, 1.82) is 0 Å². The molecule has 0 aromatic carbocycles. The first-order chi connectivity index (χ1) is 10.8. The van der Waals surface area contributed by atoms with E-state index in [-0.39, 0.29) is 6.09 Å². The molecule has 2 heterocycles. The summed E-state index contributed by atoms with van der Waals surface area (Å²) in [7, 11) is 0. The first-order valence-corrected chi connectivity index (χ1v) is 8.39. The van der Waals surface area contributed by atoms with Crippen LogP contribution in [0.1, 0.15) is 31.7 Å². The van der Waals surface area contributed by atoms with Crippen LogP contribution >= 0.6 is 11.3 Å². The highest BCUT2D eigenvalue weighted by molar-refractivity contribution is 7.10. The Morgan fingerprint density at radius 3 is 2.43 bits per heavy atom. The van der Waals surface area contributed by atoms with Crippen molar-refractivity contribution < 1.29 is 19.4 Å². The molecule has 1 aromatic heterocycles. The number of ether oxygens (including phenoxy) is 1. The van der Waals surface area contributed by atoms with E-state index >= 15 is 0 Å². The zero-order valence-corrected chi connectivity index (χ0v) is 14.4. The van der Waals surface area contributed by atoms with Crippen LogP contribution in [-0.2, 0) is 9.53 Å². The second-order valence-corrected chi connectivity index (χ2v) is 7.35. The molecule has 128 valence electrons. The van der Waals surface area contributed by atoms with Crippen molar-refractivity contribution in [2.75, 3.05) is 26.2 Å². The molecule has 1 aliphatic heterocycles. The van der Waals surface area contributed by atoms with Gasteiger partial charge in [-0.25, -0.2) is 15.2 Å². The third kappa shape index (κ3) is 5.19. The quantitative estimate of drug-likeness (QED) is 0.871. The van der Waals surface area contributed by atoms with Crippen LogP contribution in [0.3, 0.4) is 0 Å². The first-order valence-electron chi connectivity index (χ1n) is 7.51. The number of nitrogens with one attached hydrogen (secondary N) is 1. The van der Waals surface area contributed by atoms with Gasteiger partial charge in [0.05, 0.1) is 0 Å². The van der Waals surface area contributed by atoms with Gasteiger partial charge in [-0.3, -0.25) is 4.79 Å². The van der Waals surface area contributed by atoms with Crippen molar-refractivity contribution in [3.8, 4) is 0 Å². The van der Waals surface area contributed by atoms with Crippen LogP contribution in [-0.4, -0.2) is 58.9 Å². The molecule has 0 spiro atoms. The second-order valence-electron chi connectivity index (χ2n) is 6.37. The monoisotopic (exact) mass is 341 g/mol. The molecule has 0 bridgehead atoms. The van der Waals surface area contributed by atoms with Crippen LogP contribution in [0, 0.1) is 0 Å². The smallest absolute Gasteiger partial charge is 0.410 e. The molecule has 1 saturated heterocycles. The molecule has 0 radical (unpaired) electrons. The number of thiophene rings is 1. The highest BCUT2D eigenvalue weighted by Crippen LogP contribution is 2.20. The van der Waals surface area contributed by atoms with E-state index < -0.39 is 17.6 Å². The Morgan fingerprint density at radius 2 is 1.96 bits per heavy atom. The standard InChI is InChI=1S/C15H23N3O4S/c1-15(2,3)22-14(21)17-6-8-18(9-7-17)16-12(13(19)20)11-5-4-10-23-11/h4-5,10,12,16H,6-9H2,1-3H3,(H,19,20). The molecule has 1 fully saturated rings. The summed E-state index contributed by atoms with van der Waals surface area (Å²) in [6, 6.07) is 2.87. The molecule has 1 aromatic rings. The predicted molar refractivity (Wildman–Crippen MR) is 87.2 cm³/mol. The van der Waals surface area contributed by atoms with Crippen molar-refractivity contribution in [2.24, 2.45) is 0 Å². The lowest BCUT2D eigenvalue weighted by Gasteiger charge is -2.36. The van der Waals surface area contributed by atoms with Crippen LogP contribution in [0.2, 0.25) is 0 Å². The van der Waals surface area contributed by atoms with E-state index in [1.807, 2.05) is 37.2 Å². The maximum atomic E-state index is 12.0. The average molecular weight is 341 g/mol. The first kappa shape index (κ1) is 17.7.